The Hall–Kier alpha value is -3.93. The third-order valence-corrected chi connectivity index (χ3v) is 4.68. The van der Waals surface area contributed by atoms with E-state index in [1.807, 2.05) is 67.8 Å². The monoisotopic (exact) mass is 398 g/mol. The first-order valence-corrected chi connectivity index (χ1v) is 9.67. The van der Waals surface area contributed by atoms with Crippen LogP contribution in [0.25, 0.3) is 22.4 Å². The number of carbonyl (C=O) groups excluding carboxylic acids is 1. The minimum Gasteiger partial charge on any atom is -0.484 e. The Morgan fingerprint density at radius 1 is 0.967 bits per heavy atom. The number of carbonyl (C=O) groups is 1. The fourth-order valence-electron chi connectivity index (χ4n) is 3.15. The number of nitrogens with one attached hydrogen (secondary N) is 1. The second kappa shape index (κ2) is 9.05. The molecule has 1 N–H and O–H groups in total. The molecule has 0 aliphatic heterocycles. The van der Waals surface area contributed by atoms with Crippen LogP contribution in [0.5, 0.6) is 5.75 Å². The summed E-state index contributed by atoms with van der Waals surface area (Å²) in [7, 11) is 1.86. The van der Waals surface area contributed by atoms with Crippen molar-refractivity contribution in [2.75, 3.05) is 6.61 Å². The number of aryl methyl sites for hydroxylation is 1. The average molecular weight is 398 g/mol. The first-order chi connectivity index (χ1) is 14.7. The summed E-state index contributed by atoms with van der Waals surface area (Å²) in [6.45, 7) is 0.320. The highest BCUT2D eigenvalue weighted by Crippen LogP contribution is 2.22. The maximum absolute atomic E-state index is 12.3. The molecule has 2 heterocycles. The summed E-state index contributed by atoms with van der Waals surface area (Å²) in [6, 6.07) is 21.6. The highest BCUT2D eigenvalue weighted by atomic mass is 16.5. The van der Waals surface area contributed by atoms with E-state index >= 15 is 0 Å². The van der Waals surface area contributed by atoms with Gasteiger partial charge in [-0.2, -0.15) is 5.10 Å². The molecule has 6 heteroatoms. The third-order valence-electron chi connectivity index (χ3n) is 4.68. The maximum Gasteiger partial charge on any atom is 0.258 e. The van der Waals surface area contributed by atoms with Gasteiger partial charge in [-0.3, -0.25) is 14.5 Å². The van der Waals surface area contributed by atoms with E-state index < -0.39 is 0 Å². The number of hydrogen-bond acceptors (Lipinski definition) is 4. The highest BCUT2D eigenvalue weighted by molar-refractivity contribution is 5.78. The van der Waals surface area contributed by atoms with Crippen LogP contribution in [0, 0.1) is 0 Å². The number of aromatic nitrogens is 3. The van der Waals surface area contributed by atoms with Crippen LogP contribution >= 0.6 is 0 Å². The van der Waals surface area contributed by atoms with Crippen LogP contribution in [0.1, 0.15) is 5.56 Å². The molecule has 0 spiro atoms. The molecule has 0 radical (unpaired) electrons. The van der Waals surface area contributed by atoms with Crippen molar-refractivity contribution in [2.24, 2.45) is 7.05 Å². The molecule has 2 aromatic carbocycles. The van der Waals surface area contributed by atoms with Crippen LogP contribution in [0.4, 0.5) is 0 Å². The number of hydrogen-bond donors (Lipinski definition) is 1. The Labute approximate surface area is 175 Å². The highest BCUT2D eigenvalue weighted by Gasteiger charge is 2.10. The maximum atomic E-state index is 12.3. The summed E-state index contributed by atoms with van der Waals surface area (Å²) in [5.41, 5.74) is 4.89. The molecule has 0 unspecified atom stereocenters. The Bertz CT molecular complexity index is 1120. The van der Waals surface area contributed by atoms with E-state index in [1.54, 1.807) is 17.1 Å². The van der Waals surface area contributed by atoms with Crippen molar-refractivity contribution in [2.45, 2.75) is 6.54 Å². The zero-order valence-electron chi connectivity index (χ0n) is 16.7. The minimum atomic E-state index is -0.192. The zero-order valence-corrected chi connectivity index (χ0v) is 16.7. The van der Waals surface area contributed by atoms with Crippen LogP contribution in [0.3, 0.4) is 0 Å². The molecule has 0 saturated carbocycles. The molecular weight excluding hydrogens is 376 g/mol. The van der Waals surface area contributed by atoms with E-state index in [9.17, 15) is 4.79 Å². The molecule has 2 aromatic heterocycles. The lowest BCUT2D eigenvalue weighted by atomic mass is 10.1. The van der Waals surface area contributed by atoms with Crippen molar-refractivity contribution in [3.05, 3.63) is 90.9 Å². The summed E-state index contributed by atoms with van der Waals surface area (Å²) in [6.07, 6.45) is 5.39. The second-order valence-corrected chi connectivity index (χ2v) is 6.87. The molecule has 0 fully saturated rings. The Morgan fingerprint density at radius 2 is 1.73 bits per heavy atom. The summed E-state index contributed by atoms with van der Waals surface area (Å²) >= 11 is 0. The number of nitrogens with zero attached hydrogens (tertiary/aromatic N) is 3. The second-order valence-electron chi connectivity index (χ2n) is 6.87. The third kappa shape index (κ3) is 4.72. The fourth-order valence-corrected chi connectivity index (χ4v) is 3.15. The van der Waals surface area contributed by atoms with Gasteiger partial charge in [-0.1, -0.05) is 48.5 Å². The molecule has 4 aromatic rings. The number of rotatable bonds is 7. The number of ether oxygens (including phenoxy) is 1. The Balaban J connectivity index is 1.32. The molecular formula is C24H22N4O2. The van der Waals surface area contributed by atoms with Crippen molar-refractivity contribution in [1.29, 1.82) is 0 Å². The van der Waals surface area contributed by atoms with E-state index in [-0.39, 0.29) is 12.5 Å². The smallest absolute Gasteiger partial charge is 0.258 e. The van der Waals surface area contributed by atoms with Crippen molar-refractivity contribution in [1.82, 2.24) is 20.1 Å². The van der Waals surface area contributed by atoms with Crippen LogP contribution in [0.15, 0.2) is 85.3 Å². The molecule has 4 rings (SSSR count). The number of benzene rings is 2. The standard InChI is InChI=1S/C24H22N4O2/c1-28-16-21(15-27-28)24-20(8-5-13-25-24)14-26-23(29)17-30-22-11-9-19(10-12-22)18-6-3-2-4-7-18/h2-13,15-16H,14,17H2,1H3,(H,26,29). The number of pyridine rings is 1. The minimum absolute atomic E-state index is 0.0484. The van der Waals surface area contributed by atoms with Gasteiger partial charge in [-0.05, 0) is 34.9 Å². The molecule has 0 bridgehead atoms. The SMILES string of the molecule is Cn1cc(-c2ncccc2CNC(=O)COc2ccc(-c3ccccc3)cc2)cn1. The lowest BCUT2D eigenvalue weighted by Gasteiger charge is -2.10. The topological polar surface area (TPSA) is 69.0 Å². The lowest BCUT2D eigenvalue weighted by molar-refractivity contribution is -0.123. The summed E-state index contributed by atoms with van der Waals surface area (Å²) in [4.78, 5) is 16.7. The normalized spacial score (nSPS) is 10.6. The van der Waals surface area contributed by atoms with E-state index in [0.717, 1.165) is 27.9 Å². The zero-order chi connectivity index (χ0) is 20.8. The van der Waals surface area contributed by atoms with Crippen LogP contribution in [-0.2, 0) is 18.4 Å². The van der Waals surface area contributed by atoms with E-state index in [0.29, 0.717) is 12.3 Å². The van der Waals surface area contributed by atoms with Crippen molar-refractivity contribution >= 4 is 5.91 Å². The van der Waals surface area contributed by atoms with Gasteiger partial charge in [-0.25, -0.2) is 0 Å². The Kier molecular flexibility index (Phi) is 5.85. The van der Waals surface area contributed by atoms with Gasteiger partial charge >= 0.3 is 0 Å². The summed E-state index contributed by atoms with van der Waals surface area (Å²) in [5.74, 6) is 0.463. The predicted molar refractivity (Wildman–Crippen MR) is 116 cm³/mol. The first-order valence-electron chi connectivity index (χ1n) is 9.67. The molecule has 150 valence electrons. The molecule has 0 aliphatic rings. The van der Waals surface area contributed by atoms with Crippen LogP contribution in [0.2, 0.25) is 0 Å². The Morgan fingerprint density at radius 3 is 2.47 bits per heavy atom. The molecule has 6 nitrogen and oxygen atoms in total. The molecule has 0 aliphatic carbocycles. The van der Waals surface area contributed by atoms with Crippen molar-refractivity contribution < 1.29 is 9.53 Å². The van der Waals surface area contributed by atoms with Gasteiger partial charge in [0.05, 0.1) is 11.9 Å². The largest absolute Gasteiger partial charge is 0.484 e. The molecule has 0 atom stereocenters. The van der Waals surface area contributed by atoms with Crippen molar-refractivity contribution in [3.63, 3.8) is 0 Å². The van der Waals surface area contributed by atoms with Gasteiger partial charge in [0.1, 0.15) is 5.75 Å². The van der Waals surface area contributed by atoms with Crippen molar-refractivity contribution in [3.8, 4) is 28.1 Å². The summed E-state index contributed by atoms with van der Waals surface area (Å²) < 4.78 is 7.35. The van der Waals surface area contributed by atoms with E-state index in [4.69, 9.17) is 4.74 Å². The molecule has 0 saturated heterocycles. The van der Waals surface area contributed by atoms with Gasteiger partial charge in [-0.15, -0.1) is 0 Å². The van der Waals surface area contributed by atoms with Crippen LogP contribution < -0.4 is 10.1 Å². The predicted octanol–water partition coefficient (Wildman–Crippen LogP) is 3.84. The summed E-state index contributed by atoms with van der Waals surface area (Å²) in [5, 5.41) is 7.08. The molecule has 30 heavy (non-hydrogen) atoms. The van der Waals surface area contributed by atoms with Gasteiger partial charge < -0.3 is 10.1 Å². The van der Waals surface area contributed by atoms with E-state index in [2.05, 4.69) is 27.5 Å². The van der Waals surface area contributed by atoms with Gasteiger partial charge in [0.25, 0.3) is 5.91 Å². The first kappa shape index (κ1) is 19.4. The average Bonchev–Trinajstić information content (AvgIpc) is 3.23. The van der Waals surface area contributed by atoms with Gasteiger partial charge in [0, 0.05) is 31.5 Å². The molecule has 1 amide bonds. The van der Waals surface area contributed by atoms with Crippen LogP contribution in [-0.4, -0.2) is 27.3 Å². The van der Waals surface area contributed by atoms with E-state index in [1.165, 1.54) is 0 Å². The number of amides is 1. The lowest BCUT2D eigenvalue weighted by Crippen LogP contribution is -2.28. The fraction of sp³-hybridized carbons (Fsp3) is 0.125. The van der Waals surface area contributed by atoms with Gasteiger partial charge in [0.15, 0.2) is 6.61 Å². The van der Waals surface area contributed by atoms with Gasteiger partial charge in [0.2, 0.25) is 0 Å². The quantitative estimate of drug-likeness (QED) is 0.513.